The van der Waals surface area contributed by atoms with Gasteiger partial charge in [0.05, 0.1) is 6.10 Å². The van der Waals surface area contributed by atoms with Crippen LogP contribution in [0.25, 0.3) is 0 Å². The molecule has 0 aromatic carbocycles. The lowest BCUT2D eigenvalue weighted by molar-refractivity contribution is 0.177. The van der Waals surface area contributed by atoms with Crippen molar-refractivity contribution in [3.63, 3.8) is 0 Å². The van der Waals surface area contributed by atoms with Crippen LogP contribution in [0.15, 0.2) is 0 Å². The maximum absolute atomic E-state index is 9.16. The summed E-state index contributed by atoms with van der Waals surface area (Å²) in [5, 5.41) is 9.16. The molecule has 1 heterocycles. The molecule has 1 aliphatic rings. The van der Waals surface area contributed by atoms with Crippen molar-refractivity contribution in [1.29, 1.82) is 0 Å². The van der Waals surface area contributed by atoms with Gasteiger partial charge in [0, 0.05) is 12.6 Å². The van der Waals surface area contributed by atoms with Crippen LogP contribution in [0.2, 0.25) is 0 Å². The van der Waals surface area contributed by atoms with Gasteiger partial charge in [0.1, 0.15) is 0 Å². The van der Waals surface area contributed by atoms with Crippen molar-refractivity contribution in [2.75, 3.05) is 13.1 Å². The van der Waals surface area contributed by atoms with Crippen molar-refractivity contribution in [2.45, 2.75) is 32.4 Å². The maximum Gasteiger partial charge on any atom is 0.0682 e. The Bertz CT molecular complexity index is 94.9. The summed E-state index contributed by atoms with van der Waals surface area (Å²) in [7, 11) is 0. The molecule has 0 bridgehead atoms. The Kier molecular flexibility index (Phi) is 2.09. The second-order valence-corrected chi connectivity index (χ2v) is 2.83. The molecule has 0 aromatic heterocycles. The van der Waals surface area contributed by atoms with Crippen molar-refractivity contribution in [3.05, 3.63) is 0 Å². The van der Waals surface area contributed by atoms with Gasteiger partial charge >= 0.3 is 0 Å². The van der Waals surface area contributed by atoms with Crippen LogP contribution in [0.3, 0.4) is 0 Å². The van der Waals surface area contributed by atoms with Crippen LogP contribution in [-0.2, 0) is 0 Å². The summed E-state index contributed by atoms with van der Waals surface area (Å²) in [6, 6.07) is 0.588. The van der Waals surface area contributed by atoms with E-state index in [-0.39, 0.29) is 6.10 Å². The molecule has 0 saturated carbocycles. The number of hydrogen-bond acceptors (Lipinski definition) is 2. The minimum absolute atomic E-state index is 0.0695. The zero-order chi connectivity index (χ0) is 6.85. The zero-order valence-corrected chi connectivity index (χ0v) is 6.17. The molecule has 54 valence electrons. The van der Waals surface area contributed by atoms with E-state index >= 15 is 0 Å². The van der Waals surface area contributed by atoms with Gasteiger partial charge in [0.2, 0.25) is 0 Å². The maximum atomic E-state index is 9.16. The minimum Gasteiger partial charge on any atom is -0.392 e. The van der Waals surface area contributed by atoms with E-state index in [1.54, 1.807) is 0 Å². The molecule has 0 amide bonds. The highest BCUT2D eigenvalue weighted by molar-refractivity contribution is 4.80. The van der Waals surface area contributed by atoms with Crippen molar-refractivity contribution in [3.8, 4) is 0 Å². The van der Waals surface area contributed by atoms with Gasteiger partial charge in [0.25, 0.3) is 0 Å². The van der Waals surface area contributed by atoms with E-state index in [1.807, 2.05) is 0 Å². The van der Waals surface area contributed by atoms with E-state index < -0.39 is 0 Å². The lowest BCUT2D eigenvalue weighted by atomic mass is 10.2. The van der Waals surface area contributed by atoms with Crippen LogP contribution in [0.1, 0.15) is 20.3 Å². The number of aliphatic hydroxyl groups is 1. The lowest BCUT2D eigenvalue weighted by Gasteiger charge is -2.16. The number of β-amino-alcohol motifs (C(OH)–C–C–N with tert-alkyl or cyclic N) is 1. The molecule has 0 radical (unpaired) electrons. The number of nitrogens with zero attached hydrogens (tertiary/aromatic N) is 1. The number of likely N-dealkylation sites (tertiary alicyclic amines) is 1. The van der Waals surface area contributed by atoms with Crippen molar-refractivity contribution in [2.24, 2.45) is 0 Å². The molecule has 1 saturated heterocycles. The molecule has 1 aliphatic heterocycles. The Morgan fingerprint density at radius 1 is 1.67 bits per heavy atom. The van der Waals surface area contributed by atoms with Crippen molar-refractivity contribution >= 4 is 0 Å². The van der Waals surface area contributed by atoms with Gasteiger partial charge < -0.3 is 5.11 Å². The van der Waals surface area contributed by atoms with Gasteiger partial charge in [-0.25, -0.2) is 0 Å². The molecule has 2 atom stereocenters. The molecule has 2 nitrogen and oxygen atoms in total. The molecule has 0 unspecified atom stereocenters. The summed E-state index contributed by atoms with van der Waals surface area (Å²) in [6.45, 7) is 6.24. The SMILES string of the molecule is CCN1C[C@@H](O)C[C@H]1C. The summed E-state index contributed by atoms with van der Waals surface area (Å²) < 4.78 is 0. The highest BCUT2D eigenvalue weighted by atomic mass is 16.3. The van der Waals surface area contributed by atoms with E-state index in [0.717, 1.165) is 19.5 Å². The third-order valence-corrected chi connectivity index (χ3v) is 2.09. The Morgan fingerprint density at radius 2 is 2.33 bits per heavy atom. The molecule has 0 aromatic rings. The molecule has 1 rings (SSSR count). The average Bonchev–Trinajstić information content (AvgIpc) is 2.10. The second kappa shape index (κ2) is 2.67. The Hall–Kier alpha value is -0.0800. The largest absolute Gasteiger partial charge is 0.392 e. The molecular weight excluding hydrogens is 114 g/mol. The molecule has 1 fully saturated rings. The van der Waals surface area contributed by atoms with Gasteiger partial charge in [-0.15, -0.1) is 0 Å². The first-order chi connectivity index (χ1) is 4.24. The summed E-state index contributed by atoms with van der Waals surface area (Å²) in [4.78, 5) is 2.30. The monoisotopic (exact) mass is 129 g/mol. The smallest absolute Gasteiger partial charge is 0.0682 e. The number of aliphatic hydroxyl groups excluding tert-OH is 1. The molecule has 0 spiro atoms. The third kappa shape index (κ3) is 1.43. The first-order valence-corrected chi connectivity index (χ1v) is 3.66. The van der Waals surface area contributed by atoms with Gasteiger partial charge in [0.15, 0.2) is 0 Å². The lowest BCUT2D eigenvalue weighted by Crippen LogP contribution is -2.26. The van der Waals surface area contributed by atoms with E-state index in [1.165, 1.54) is 0 Å². The Balaban J connectivity index is 2.38. The van der Waals surface area contributed by atoms with Crippen molar-refractivity contribution in [1.82, 2.24) is 4.90 Å². The average molecular weight is 129 g/mol. The van der Waals surface area contributed by atoms with E-state index in [9.17, 15) is 0 Å². The van der Waals surface area contributed by atoms with Gasteiger partial charge in [-0.2, -0.15) is 0 Å². The van der Waals surface area contributed by atoms with E-state index in [2.05, 4.69) is 18.7 Å². The van der Waals surface area contributed by atoms with Gasteiger partial charge in [-0.1, -0.05) is 6.92 Å². The van der Waals surface area contributed by atoms with Gasteiger partial charge in [-0.3, -0.25) is 4.90 Å². The predicted octanol–water partition coefficient (Wildman–Crippen LogP) is 0.461. The Morgan fingerprint density at radius 3 is 2.56 bits per heavy atom. The van der Waals surface area contributed by atoms with Crippen LogP contribution in [-0.4, -0.2) is 35.2 Å². The number of hydrogen-bond donors (Lipinski definition) is 1. The van der Waals surface area contributed by atoms with Gasteiger partial charge in [-0.05, 0) is 19.9 Å². The third-order valence-electron chi connectivity index (χ3n) is 2.09. The normalized spacial score (nSPS) is 37.7. The molecule has 0 aliphatic carbocycles. The quantitative estimate of drug-likeness (QED) is 0.556. The van der Waals surface area contributed by atoms with E-state index in [4.69, 9.17) is 5.11 Å². The number of rotatable bonds is 1. The topological polar surface area (TPSA) is 23.5 Å². The van der Waals surface area contributed by atoms with Crippen LogP contribution >= 0.6 is 0 Å². The summed E-state index contributed by atoms with van der Waals surface area (Å²) >= 11 is 0. The van der Waals surface area contributed by atoms with Crippen molar-refractivity contribution < 1.29 is 5.11 Å². The minimum atomic E-state index is -0.0695. The fourth-order valence-electron chi connectivity index (χ4n) is 1.51. The standard InChI is InChI=1S/C7H15NO/c1-3-8-5-7(9)4-6(8)2/h6-7,9H,3-5H2,1-2H3/t6-,7+/m1/s1. The molecule has 9 heavy (non-hydrogen) atoms. The van der Waals surface area contributed by atoms with E-state index in [0.29, 0.717) is 6.04 Å². The summed E-state index contributed by atoms with van der Waals surface area (Å²) in [6.07, 6.45) is 0.883. The second-order valence-electron chi connectivity index (χ2n) is 2.83. The number of likely N-dealkylation sites (N-methyl/N-ethyl adjacent to an activating group) is 1. The fraction of sp³-hybridized carbons (Fsp3) is 1.00. The van der Waals surface area contributed by atoms with Crippen LogP contribution in [0, 0.1) is 0 Å². The van der Waals surface area contributed by atoms with Crippen LogP contribution in [0.4, 0.5) is 0 Å². The molecule has 2 heteroatoms. The Labute approximate surface area is 56.5 Å². The zero-order valence-electron chi connectivity index (χ0n) is 6.17. The highest BCUT2D eigenvalue weighted by Gasteiger charge is 2.25. The highest BCUT2D eigenvalue weighted by Crippen LogP contribution is 2.15. The first-order valence-electron chi connectivity index (χ1n) is 3.66. The predicted molar refractivity (Wildman–Crippen MR) is 37.3 cm³/mol. The molecule has 1 N–H and O–H groups in total. The summed E-state index contributed by atoms with van der Waals surface area (Å²) in [5.74, 6) is 0. The van der Waals surface area contributed by atoms with Crippen LogP contribution < -0.4 is 0 Å². The first kappa shape index (κ1) is 7.03. The fourth-order valence-corrected chi connectivity index (χ4v) is 1.51. The molecular formula is C7H15NO. The summed E-state index contributed by atoms with van der Waals surface area (Å²) in [5.41, 5.74) is 0. The van der Waals surface area contributed by atoms with Crippen LogP contribution in [0.5, 0.6) is 0 Å².